The Hall–Kier alpha value is -2.44. The number of carbonyl (C=O) groups is 1. The Bertz CT molecular complexity index is 1080. The second-order valence-electron chi connectivity index (χ2n) is 9.10. The number of hydrogen-bond donors (Lipinski definition) is 1. The summed E-state index contributed by atoms with van der Waals surface area (Å²) >= 11 is 5.62. The van der Waals surface area contributed by atoms with Crippen LogP contribution in [0, 0.1) is 5.82 Å². The van der Waals surface area contributed by atoms with Gasteiger partial charge in [0.15, 0.2) is 12.2 Å². The molecule has 34 heavy (non-hydrogen) atoms. The van der Waals surface area contributed by atoms with Crippen LogP contribution in [0.2, 0.25) is 5.02 Å². The summed E-state index contributed by atoms with van der Waals surface area (Å²) in [5.41, 5.74) is -2.28. The van der Waals surface area contributed by atoms with Crippen molar-refractivity contribution in [2.75, 3.05) is 19.8 Å². The second kappa shape index (κ2) is 8.06. The quantitative estimate of drug-likeness (QED) is 0.546. The minimum atomic E-state index is -4.80. The lowest BCUT2D eigenvalue weighted by molar-refractivity contribution is -0.339. The molecule has 1 aromatic carbocycles. The van der Waals surface area contributed by atoms with E-state index in [-0.39, 0.29) is 42.2 Å². The van der Waals surface area contributed by atoms with Gasteiger partial charge in [-0.2, -0.15) is 0 Å². The van der Waals surface area contributed by atoms with Crippen LogP contribution in [0.15, 0.2) is 22.6 Å². The number of aromatic nitrogens is 2. The molecule has 2 aromatic rings. The van der Waals surface area contributed by atoms with E-state index in [1.165, 1.54) is 12.1 Å². The summed E-state index contributed by atoms with van der Waals surface area (Å²) in [5.74, 6) is -0.543. The molecule has 184 valence electrons. The summed E-state index contributed by atoms with van der Waals surface area (Å²) in [6, 6.07) is 3.89. The van der Waals surface area contributed by atoms with Crippen molar-refractivity contribution >= 4 is 17.5 Å². The molecule has 1 saturated heterocycles. The van der Waals surface area contributed by atoms with E-state index in [0.717, 1.165) is 6.07 Å². The van der Waals surface area contributed by atoms with Crippen LogP contribution in [0.25, 0.3) is 0 Å². The predicted molar refractivity (Wildman–Crippen MR) is 106 cm³/mol. The zero-order chi connectivity index (χ0) is 24.2. The van der Waals surface area contributed by atoms with Crippen molar-refractivity contribution in [2.45, 2.75) is 55.0 Å². The van der Waals surface area contributed by atoms with Crippen molar-refractivity contribution in [3.05, 3.63) is 40.8 Å². The lowest BCUT2D eigenvalue weighted by Crippen LogP contribution is -2.77. The molecule has 1 unspecified atom stereocenters. The van der Waals surface area contributed by atoms with Gasteiger partial charge in [0.2, 0.25) is 5.89 Å². The Labute approximate surface area is 195 Å². The average Bonchev–Trinajstić information content (AvgIpc) is 3.39. The lowest BCUT2D eigenvalue weighted by Gasteiger charge is -2.68. The monoisotopic (exact) mass is 505 g/mol. The summed E-state index contributed by atoms with van der Waals surface area (Å²) < 4.78 is 71.8. The summed E-state index contributed by atoms with van der Waals surface area (Å²) in [5, 5.41) is 10.9. The maximum Gasteiger partial charge on any atom is 0.522 e. The third-order valence-corrected chi connectivity index (χ3v) is 6.84. The van der Waals surface area contributed by atoms with Crippen molar-refractivity contribution in [3.8, 4) is 5.75 Å². The van der Waals surface area contributed by atoms with E-state index in [0.29, 0.717) is 31.6 Å². The number of carbonyl (C=O) groups excluding carboxylic acids is 1. The number of benzene rings is 1. The SMILES string of the molecule is O=C(COc1ccc(Cl)c(F)c1)NC12CC(c3nnc(C4(COC(F)(F)F)CCCO4)o3)(C1)C2. The van der Waals surface area contributed by atoms with E-state index in [9.17, 15) is 22.4 Å². The standard InChI is InChI=1S/C21H20ClF4N3O5/c22-13-3-2-12(6-14(13)23)31-7-15(30)27-19-8-18(9-19,10-19)16-28-29-17(34-16)20(4-1-5-32-20)11-33-21(24,25)26/h2-3,6H,1,4-5,7-11H2,(H,27,30). The van der Waals surface area contributed by atoms with Gasteiger partial charge in [0, 0.05) is 18.2 Å². The summed E-state index contributed by atoms with van der Waals surface area (Å²) in [7, 11) is 0. The average molecular weight is 506 g/mol. The topological polar surface area (TPSA) is 95.7 Å². The van der Waals surface area contributed by atoms with E-state index in [1.54, 1.807) is 0 Å². The molecule has 1 amide bonds. The van der Waals surface area contributed by atoms with Crippen LogP contribution in [0.4, 0.5) is 17.6 Å². The zero-order valence-corrected chi connectivity index (χ0v) is 18.5. The van der Waals surface area contributed by atoms with Gasteiger partial charge in [0.25, 0.3) is 11.8 Å². The highest BCUT2D eigenvalue weighted by Gasteiger charge is 2.72. The highest BCUT2D eigenvalue weighted by atomic mass is 35.5. The molecule has 13 heteroatoms. The lowest BCUT2D eigenvalue weighted by atomic mass is 9.39. The van der Waals surface area contributed by atoms with Gasteiger partial charge in [-0.25, -0.2) is 4.39 Å². The highest BCUT2D eigenvalue weighted by molar-refractivity contribution is 6.30. The minimum absolute atomic E-state index is 0.0318. The third kappa shape index (κ3) is 4.22. The first-order valence-electron chi connectivity index (χ1n) is 10.6. The molecule has 4 fully saturated rings. The van der Waals surface area contributed by atoms with Gasteiger partial charge in [-0.1, -0.05) is 11.6 Å². The Balaban J connectivity index is 1.16. The van der Waals surface area contributed by atoms with Gasteiger partial charge in [-0.15, -0.1) is 23.4 Å². The number of nitrogens with one attached hydrogen (secondary N) is 1. The first-order chi connectivity index (χ1) is 16.0. The van der Waals surface area contributed by atoms with E-state index >= 15 is 0 Å². The van der Waals surface area contributed by atoms with Gasteiger partial charge >= 0.3 is 6.36 Å². The molecule has 1 N–H and O–H groups in total. The van der Waals surface area contributed by atoms with Crippen LogP contribution in [-0.2, 0) is 25.3 Å². The number of halogens is 5. The Morgan fingerprint density at radius 2 is 1.94 bits per heavy atom. The van der Waals surface area contributed by atoms with E-state index in [2.05, 4.69) is 20.3 Å². The molecule has 6 rings (SSSR count). The summed E-state index contributed by atoms with van der Waals surface area (Å²) in [6.45, 7) is -0.786. The van der Waals surface area contributed by atoms with E-state index in [4.69, 9.17) is 25.5 Å². The molecule has 1 aromatic heterocycles. The van der Waals surface area contributed by atoms with Crippen molar-refractivity contribution in [1.82, 2.24) is 15.5 Å². The fourth-order valence-corrected chi connectivity index (χ4v) is 5.17. The van der Waals surface area contributed by atoms with Crippen molar-refractivity contribution in [3.63, 3.8) is 0 Å². The van der Waals surface area contributed by atoms with Gasteiger partial charge in [0.1, 0.15) is 11.6 Å². The van der Waals surface area contributed by atoms with Crippen LogP contribution >= 0.6 is 11.6 Å². The number of amides is 1. The Morgan fingerprint density at radius 1 is 1.21 bits per heavy atom. The fourth-order valence-electron chi connectivity index (χ4n) is 5.06. The normalized spacial score (nSPS) is 29.9. The second-order valence-corrected chi connectivity index (χ2v) is 9.50. The van der Waals surface area contributed by atoms with Crippen LogP contribution in [0.1, 0.15) is 43.9 Å². The third-order valence-electron chi connectivity index (χ3n) is 6.54. The number of hydrogen-bond acceptors (Lipinski definition) is 7. The maximum absolute atomic E-state index is 13.5. The molecule has 0 radical (unpaired) electrons. The van der Waals surface area contributed by atoms with E-state index < -0.39 is 35.3 Å². The molecule has 3 saturated carbocycles. The number of ether oxygens (including phenoxy) is 3. The Morgan fingerprint density at radius 3 is 2.59 bits per heavy atom. The van der Waals surface area contributed by atoms with Crippen LogP contribution in [-0.4, -0.2) is 47.8 Å². The first-order valence-corrected chi connectivity index (χ1v) is 11.0. The molecule has 8 nitrogen and oxygen atoms in total. The van der Waals surface area contributed by atoms with Crippen LogP contribution in [0.3, 0.4) is 0 Å². The highest BCUT2D eigenvalue weighted by Crippen LogP contribution is 2.67. The van der Waals surface area contributed by atoms with Gasteiger partial charge in [-0.3, -0.25) is 9.53 Å². The maximum atomic E-state index is 13.5. The number of nitrogens with zero attached hydrogens (tertiary/aromatic N) is 2. The fraction of sp³-hybridized carbons (Fsp3) is 0.571. The van der Waals surface area contributed by atoms with Crippen molar-refractivity contribution < 1.29 is 41.0 Å². The zero-order valence-electron chi connectivity index (χ0n) is 17.7. The van der Waals surface area contributed by atoms with Gasteiger partial charge in [-0.05, 0) is 44.2 Å². The summed E-state index contributed by atoms with van der Waals surface area (Å²) in [4.78, 5) is 12.3. The first kappa shape index (κ1) is 23.3. The molecule has 2 bridgehead atoms. The molecule has 1 atom stereocenters. The van der Waals surface area contributed by atoms with Gasteiger partial charge in [0.05, 0.1) is 17.0 Å². The molecule has 0 spiro atoms. The van der Waals surface area contributed by atoms with E-state index in [1.807, 2.05) is 0 Å². The molecule has 4 aliphatic rings. The van der Waals surface area contributed by atoms with Crippen LogP contribution in [0.5, 0.6) is 5.75 Å². The number of rotatable bonds is 8. The predicted octanol–water partition coefficient (Wildman–Crippen LogP) is 3.77. The van der Waals surface area contributed by atoms with Crippen molar-refractivity contribution in [2.24, 2.45) is 0 Å². The molecule has 1 aliphatic heterocycles. The van der Waals surface area contributed by atoms with Crippen molar-refractivity contribution in [1.29, 1.82) is 0 Å². The van der Waals surface area contributed by atoms with Gasteiger partial charge < -0.3 is 19.2 Å². The van der Waals surface area contributed by atoms with Crippen LogP contribution < -0.4 is 10.1 Å². The molecule has 3 aliphatic carbocycles. The largest absolute Gasteiger partial charge is 0.522 e. The molecular formula is C21H20ClF4N3O5. The number of alkyl halides is 3. The minimum Gasteiger partial charge on any atom is -0.484 e. The smallest absolute Gasteiger partial charge is 0.484 e. The Kier molecular flexibility index (Phi) is 5.53. The molecule has 2 heterocycles. The summed E-state index contributed by atoms with van der Waals surface area (Å²) in [6.07, 6.45) is -2.33. The molecular weight excluding hydrogens is 486 g/mol.